The van der Waals surface area contributed by atoms with E-state index in [0.29, 0.717) is 13.1 Å². The van der Waals surface area contributed by atoms with Crippen molar-refractivity contribution in [2.24, 2.45) is 5.92 Å². The molecule has 2 aliphatic rings. The van der Waals surface area contributed by atoms with Gasteiger partial charge < -0.3 is 15.1 Å². The molecule has 1 aliphatic heterocycles. The van der Waals surface area contributed by atoms with Crippen LogP contribution in [-0.2, 0) is 9.59 Å². The van der Waals surface area contributed by atoms with Gasteiger partial charge in [-0.3, -0.25) is 9.59 Å². The molecule has 5 heteroatoms. The van der Waals surface area contributed by atoms with E-state index in [-0.39, 0.29) is 23.3 Å². The fourth-order valence-corrected chi connectivity index (χ4v) is 4.76. The van der Waals surface area contributed by atoms with Crippen molar-refractivity contribution in [3.63, 3.8) is 0 Å². The van der Waals surface area contributed by atoms with Crippen LogP contribution in [0.15, 0.2) is 36.4 Å². The Balaban J connectivity index is 1.46. The first-order valence-corrected chi connectivity index (χ1v) is 11.5. The quantitative estimate of drug-likeness (QED) is 0.573. The summed E-state index contributed by atoms with van der Waals surface area (Å²) in [4.78, 5) is 29.5. The van der Waals surface area contributed by atoms with Gasteiger partial charge in [-0.15, -0.1) is 0 Å². The molecule has 0 unspecified atom stereocenters. The highest BCUT2D eigenvalue weighted by atomic mass is 16.2. The molecule has 0 bridgehead atoms. The monoisotopic (exact) mass is 411 g/mol. The van der Waals surface area contributed by atoms with Gasteiger partial charge in [0.1, 0.15) is 0 Å². The molecule has 1 aromatic rings. The molecule has 2 fully saturated rings. The summed E-state index contributed by atoms with van der Waals surface area (Å²) in [5.74, 6) is 0.201. The maximum absolute atomic E-state index is 12.8. The Hall–Kier alpha value is -2.14. The molecule has 1 heterocycles. The second-order valence-electron chi connectivity index (χ2n) is 9.09. The number of likely N-dealkylation sites (tertiary alicyclic amines) is 1. The summed E-state index contributed by atoms with van der Waals surface area (Å²) in [7, 11) is 4.29. The van der Waals surface area contributed by atoms with Crippen LogP contribution in [0.1, 0.15) is 56.9 Å². The van der Waals surface area contributed by atoms with Crippen molar-refractivity contribution in [2.75, 3.05) is 33.7 Å². The summed E-state index contributed by atoms with van der Waals surface area (Å²) in [6.45, 7) is 2.03. The van der Waals surface area contributed by atoms with Crippen LogP contribution in [-0.4, -0.2) is 60.9 Å². The van der Waals surface area contributed by atoms with Crippen LogP contribution < -0.4 is 5.32 Å². The van der Waals surface area contributed by atoms with Crippen LogP contribution in [0.5, 0.6) is 0 Å². The minimum absolute atomic E-state index is 0.0112. The minimum atomic E-state index is 0.0112. The molecular formula is C25H37N3O2. The molecule has 30 heavy (non-hydrogen) atoms. The van der Waals surface area contributed by atoms with Crippen molar-refractivity contribution < 1.29 is 9.59 Å². The van der Waals surface area contributed by atoms with Gasteiger partial charge in [-0.1, -0.05) is 56.0 Å². The third-order valence-corrected chi connectivity index (χ3v) is 6.97. The largest absolute Gasteiger partial charge is 0.354 e. The standard InChI is InChI=1S/C25H37N3O2/c1-27(2)25(16-8-3-4-9-17-25)20-26-24(30)22-14-18-28(19-15-22)23(29)13-12-21-10-6-5-7-11-21/h5-7,10-13,22H,3-4,8-9,14-20H2,1-2H3,(H,26,30)/b13-12+. The molecule has 1 saturated heterocycles. The number of piperidine rings is 1. The zero-order valence-corrected chi connectivity index (χ0v) is 18.6. The van der Waals surface area contributed by atoms with Crippen molar-refractivity contribution in [1.29, 1.82) is 0 Å². The summed E-state index contributed by atoms with van der Waals surface area (Å²) in [6, 6.07) is 9.85. The van der Waals surface area contributed by atoms with E-state index in [0.717, 1.165) is 37.8 Å². The number of hydrogen-bond donors (Lipinski definition) is 1. The predicted octanol–water partition coefficient (Wildman–Crippen LogP) is 3.71. The Bertz CT molecular complexity index is 713. The first-order valence-electron chi connectivity index (χ1n) is 11.5. The highest BCUT2D eigenvalue weighted by Gasteiger charge is 2.34. The fourth-order valence-electron chi connectivity index (χ4n) is 4.76. The Labute approximate surface area is 181 Å². The van der Waals surface area contributed by atoms with Crippen LogP contribution in [0.4, 0.5) is 0 Å². The highest BCUT2D eigenvalue weighted by Crippen LogP contribution is 2.31. The number of carbonyl (C=O) groups excluding carboxylic acids is 2. The molecule has 1 N–H and O–H groups in total. The Morgan fingerprint density at radius 3 is 2.30 bits per heavy atom. The number of nitrogens with one attached hydrogen (secondary N) is 1. The van der Waals surface area contributed by atoms with Crippen molar-refractivity contribution in [1.82, 2.24) is 15.1 Å². The summed E-state index contributed by atoms with van der Waals surface area (Å²) < 4.78 is 0. The van der Waals surface area contributed by atoms with E-state index in [9.17, 15) is 9.59 Å². The van der Waals surface area contributed by atoms with E-state index in [1.54, 1.807) is 6.08 Å². The first-order chi connectivity index (χ1) is 14.5. The van der Waals surface area contributed by atoms with Gasteiger partial charge >= 0.3 is 0 Å². The second-order valence-corrected chi connectivity index (χ2v) is 9.09. The number of carbonyl (C=O) groups is 2. The molecule has 0 aromatic heterocycles. The maximum Gasteiger partial charge on any atom is 0.246 e. The van der Waals surface area contributed by atoms with Crippen LogP contribution in [0, 0.1) is 5.92 Å². The first kappa shape index (κ1) is 22.5. The lowest BCUT2D eigenvalue weighted by atomic mass is 9.88. The van der Waals surface area contributed by atoms with Gasteiger partial charge in [0.05, 0.1) is 0 Å². The van der Waals surface area contributed by atoms with Crippen molar-refractivity contribution in [3.8, 4) is 0 Å². The Morgan fingerprint density at radius 1 is 1.07 bits per heavy atom. The zero-order valence-electron chi connectivity index (χ0n) is 18.6. The molecule has 2 amide bonds. The van der Waals surface area contributed by atoms with E-state index in [2.05, 4.69) is 24.3 Å². The topological polar surface area (TPSA) is 52.7 Å². The van der Waals surface area contributed by atoms with E-state index in [1.165, 1.54) is 25.7 Å². The van der Waals surface area contributed by atoms with Crippen LogP contribution in [0.3, 0.4) is 0 Å². The number of nitrogens with zero attached hydrogens (tertiary/aromatic N) is 2. The number of likely N-dealkylation sites (N-methyl/N-ethyl adjacent to an activating group) is 1. The third kappa shape index (κ3) is 5.94. The molecule has 164 valence electrons. The average molecular weight is 412 g/mol. The van der Waals surface area contributed by atoms with Crippen molar-refractivity contribution in [3.05, 3.63) is 42.0 Å². The predicted molar refractivity (Wildman–Crippen MR) is 122 cm³/mol. The minimum Gasteiger partial charge on any atom is -0.354 e. The third-order valence-electron chi connectivity index (χ3n) is 6.97. The number of amides is 2. The highest BCUT2D eigenvalue weighted by molar-refractivity contribution is 5.92. The number of hydrogen-bond acceptors (Lipinski definition) is 3. The molecular weight excluding hydrogens is 374 g/mol. The van der Waals surface area contributed by atoms with Gasteiger partial charge in [-0.05, 0) is 51.4 Å². The number of rotatable bonds is 6. The lowest BCUT2D eigenvalue weighted by Gasteiger charge is -2.40. The molecule has 0 atom stereocenters. The smallest absolute Gasteiger partial charge is 0.246 e. The number of benzene rings is 1. The van der Waals surface area contributed by atoms with E-state index >= 15 is 0 Å². The van der Waals surface area contributed by atoms with Gasteiger partial charge in [0.2, 0.25) is 11.8 Å². The molecule has 3 rings (SSSR count). The molecule has 0 radical (unpaired) electrons. The van der Waals surface area contributed by atoms with Crippen LogP contribution >= 0.6 is 0 Å². The molecule has 5 nitrogen and oxygen atoms in total. The van der Waals surface area contributed by atoms with Gasteiger partial charge in [-0.25, -0.2) is 0 Å². The summed E-state index contributed by atoms with van der Waals surface area (Å²) in [6.07, 6.45) is 12.4. The Kier molecular flexibility index (Phi) is 8.08. The summed E-state index contributed by atoms with van der Waals surface area (Å²) in [5, 5.41) is 3.26. The van der Waals surface area contributed by atoms with Gasteiger partial charge in [-0.2, -0.15) is 0 Å². The lowest BCUT2D eigenvalue weighted by Crippen LogP contribution is -2.53. The lowest BCUT2D eigenvalue weighted by molar-refractivity contribution is -0.132. The fraction of sp³-hybridized carbons (Fsp3) is 0.600. The normalized spacial score (nSPS) is 20.3. The zero-order chi connectivity index (χ0) is 21.4. The molecule has 1 aromatic carbocycles. The van der Waals surface area contributed by atoms with Crippen molar-refractivity contribution in [2.45, 2.75) is 56.9 Å². The van der Waals surface area contributed by atoms with Gasteiger partial charge in [0.25, 0.3) is 0 Å². The molecule has 0 spiro atoms. The average Bonchev–Trinajstić information content (AvgIpc) is 3.03. The van der Waals surface area contributed by atoms with Gasteiger partial charge in [0.15, 0.2) is 0 Å². The van der Waals surface area contributed by atoms with E-state index in [4.69, 9.17) is 0 Å². The van der Waals surface area contributed by atoms with Gasteiger partial charge in [0, 0.05) is 37.2 Å². The van der Waals surface area contributed by atoms with Crippen LogP contribution in [0.25, 0.3) is 6.08 Å². The van der Waals surface area contributed by atoms with E-state index < -0.39 is 0 Å². The SMILES string of the molecule is CN(C)C1(CNC(=O)C2CCN(C(=O)/C=C/c3ccccc3)CC2)CCCCCC1. The van der Waals surface area contributed by atoms with Crippen molar-refractivity contribution >= 4 is 17.9 Å². The Morgan fingerprint density at radius 2 is 1.70 bits per heavy atom. The molecule has 1 saturated carbocycles. The molecule has 1 aliphatic carbocycles. The summed E-state index contributed by atoms with van der Waals surface area (Å²) in [5.41, 5.74) is 1.11. The second kappa shape index (κ2) is 10.8. The maximum atomic E-state index is 12.8. The summed E-state index contributed by atoms with van der Waals surface area (Å²) >= 11 is 0. The van der Waals surface area contributed by atoms with E-state index in [1.807, 2.05) is 41.3 Å². The van der Waals surface area contributed by atoms with Crippen LogP contribution in [0.2, 0.25) is 0 Å².